The Morgan fingerprint density at radius 1 is 1.39 bits per heavy atom. The Morgan fingerprint density at radius 2 is 2.06 bits per heavy atom. The van der Waals surface area contributed by atoms with E-state index in [1.165, 1.54) is 13.3 Å². The predicted molar refractivity (Wildman–Crippen MR) is 65.5 cm³/mol. The van der Waals surface area contributed by atoms with Crippen LogP contribution in [-0.2, 0) is 4.74 Å². The fourth-order valence-electron chi connectivity index (χ4n) is 1.31. The van der Waals surface area contributed by atoms with Crippen LogP contribution in [0.1, 0.15) is 15.9 Å². The number of esters is 1. The molecule has 0 saturated heterocycles. The molecule has 1 aromatic rings. The van der Waals surface area contributed by atoms with E-state index >= 15 is 0 Å². The molecule has 0 fully saturated rings. The minimum atomic E-state index is -0.407. The molecule has 1 N–H and O–H groups in total. The molecule has 0 aliphatic carbocycles. The van der Waals surface area contributed by atoms with E-state index in [-0.39, 0.29) is 5.57 Å². The van der Waals surface area contributed by atoms with Crippen LogP contribution in [-0.4, -0.2) is 13.1 Å². The highest BCUT2D eigenvalue weighted by Gasteiger charge is 2.06. The number of nitrogens with zero attached hydrogens (tertiary/aromatic N) is 2. The van der Waals surface area contributed by atoms with Crippen molar-refractivity contribution in [3.8, 4) is 12.1 Å². The van der Waals surface area contributed by atoms with Crippen LogP contribution in [0.5, 0.6) is 0 Å². The Labute approximate surface area is 105 Å². The van der Waals surface area contributed by atoms with Gasteiger partial charge in [-0.15, -0.1) is 0 Å². The van der Waals surface area contributed by atoms with Crippen LogP contribution >= 0.6 is 0 Å². The summed E-state index contributed by atoms with van der Waals surface area (Å²) in [6, 6.07) is 8.44. The molecule has 0 amide bonds. The molecule has 0 atom stereocenters. The first-order chi connectivity index (χ1) is 8.62. The number of anilines is 1. The van der Waals surface area contributed by atoms with Crippen molar-refractivity contribution in [1.29, 1.82) is 10.5 Å². The summed E-state index contributed by atoms with van der Waals surface area (Å²) in [6.45, 7) is 1.81. The van der Waals surface area contributed by atoms with Gasteiger partial charge in [0.15, 0.2) is 0 Å². The van der Waals surface area contributed by atoms with Crippen LogP contribution in [0.15, 0.2) is 30.0 Å². The number of aryl methyl sites for hydroxylation is 1. The van der Waals surface area contributed by atoms with Crippen molar-refractivity contribution in [2.24, 2.45) is 0 Å². The average Bonchev–Trinajstić information content (AvgIpc) is 2.40. The lowest BCUT2D eigenvalue weighted by molar-refractivity contribution is 0.0600. The molecule has 1 aromatic carbocycles. The maximum Gasteiger partial charge on any atom is 0.337 e. The molecule has 0 aliphatic heterocycles. The molecule has 90 valence electrons. The molecule has 0 saturated carbocycles. The quantitative estimate of drug-likeness (QED) is 0.647. The molecule has 5 nitrogen and oxygen atoms in total. The maximum atomic E-state index is 11.3. The fraction of sp³-hybridized carbons (Fsp3) is 0.154. The van der Waals surface area contributed by atoms with Crippen molar-refractivity contribution < 1.29 is 9.53 Å². The molecular weight excluding hydrogens is 230 g/mol. The number of nitrogens with one attached hydrogen (secondary N) is 1. The van der Waals surface area contributed by atoms with Crippen LogP contribution in [0, 0.1) is 29.6 Å². The Kier molecular flexibility index (Phi) is 4.48. The van der Waals surface area contributed by atoms with Gasteiger partial charge in [0.1, 0.15) is 17.7 Å². The van der Waals surface area contributed by atoms with Gasteiger partial charge in [-0.2, -0.15) is 10.5 Å². The first-order valence-corrected chi connectivity index (χ1v) is 5.08. The molecular formula is C13H11N3O2. The molecule has 0 aliphatic rings. The van der Waals surface area contributed by atoms with Crippen LogP contribution < -0.4 is 5.32 Å². The maximum absolute atomic E-state index is 11.3. The molecule has 0 heterocycles. The monoisotopic (exact) mass is 241 g/mol. The largest absolute Gasteiger partial charge is 0.465 e. The lowest BCUT2D eigenvalue weighted by Gasteiger charge is -2.07. The summed E-state index contributed by atoms with van der Waals surface area (Å²) in [7, 11) is 1.32. The van der Waals surface area contributed by atoms with E-state index in [0.717, 1.165) is 5.56 Å². The highest BCUT2D eigenvalue weighted by molar-refractivity contribution is 5.90. The second-order valence-electron chi connectivity index (χ2n) is 3.45. The van der Waals surface area contributed by atoms with Gasteiger partial charge < -0.3 is 10.1 Å². The van der Waals surface area contributed by atoms with E-state index in [1.54, 1.807) is 37.3 Å². The van der Waals surface area contributed by atoms with Gasteiger partial charge >= 0.3 is 5.97 Å². The fourth-order valence-corrected chi connectivity index (χ4v) is 1.31. The summed E-state index contributed by atoms with van der Waals surface area (Å²) in [6.07, 6.45) is 1.32. The summed E-state index contributed by atoms with van der Waals surface area (Å²) >= 11 is 0. The first-order valence-electron chi connectivity index (χ1n) is 5.08. The second kappa shape index (κ2) is 6.07. The third-order valence-electron chi connectivity index (χ3n) is 2.26. The second-order valence-corrected chi connectivity index (χ2v) is 3.45. The van der Waals surface area contributed by atoms with Crippen molar-refractivity contribution in [3.05, 3.63) is 41.1 Å². The lowest BCUT2D eigenvalue weighted by atomic mass is 10.1. The van der Waals surface area contributed by atoms with E-state index < -0.39 is 5.97 Å². The van der Waals surface area contributed by atoms with Gasteiger partial charge in [0.05, 0.1) is 12.7 Å². The summed E-state index contributed by atoms with van der Waals surface area (Å²) in [5.41, 5.74) is 1.95. The molecule has 5 heteroatoms. The third-order valence-corrected chi connectivity index (χ3v) is 2.26. The van der Waals surface area contributed by atoms with E-state index in [1.807, 2.05) is 0 Å². The smallest absolute Gasteiger partial charge is 0.337 e. The van der Waals surface area contributed by atoms with Gasteiger partial charge in [0.25, 0.3) is 0 Å². The SMILES string of the molecule is COC(=O)c1ccc(NC=C(C#N)C#N)c(C)c1. The van der Waals surface area contributed by atoms with Crippen LogP contribution in [0.25, 0.3) is 0 Å². The Balaban J connectivity index is 2.95. The topological polar surface area (TPSA) is 85.9 Å². The van der Waals surface area contributed by atoms with Crippen LogP contribution in [0.4, 0.5) is 5.69 Å². The molecule has 0 bridgehead atoms. The van der Waals surface area contributed by atoms with E-state index in [0.29, 0.717) is 11.3 Å². The third kappa shape index (κ3) is 3.10. The van der Waals surface area contributed by atoms with Crippen molar-refractivity contribution in [3.63, 3.8) is 0 Å². The van der Waals surface area contributed by atoms with Crippen LogP contribution in [0.2, 0.25) is 0 Å². The molecule has 1 rings (SSSR count). The zero-order valence-corrected chi connectivity index (χ0v) is 10.0. The number of ether oxygens (including phenoxy) is 1. The summed E-state index contributed by atoms with van der Waals surface area (Å²) in [4.78, 5) is 11.3. The molecule has 0 spiro atoms. The Hall–Kier alpha value is -2.79. The lowest BCUT2D eigenvalue weighted by Crippen LogP contribution is -2.02. The number of nitriles is 2. The van der Waals surface area contributed by atoms with Crippen molar-refractivity contribution in [2.75, 3.05) is 12.4 Å². The first kappa shape index (κ1) is 13.3. The van der Waals surface area contributed by atoms with E-state index in [2.05, 4.69) is 10.1 Å². The van der Waals surface area contributed by atoms with Gasteiger partial charge in [-0.1, -0.05) is 0 Å². The summed E-state index contributed by atoms with van der Waals surface area (Å²) in [5, 5.41) is 20.0. The van der Waals surface area contributed by atoms with Gasteiger partial charge in [-0.3, -0.25) is 0 Å². The number of hydrogen-bond donors (Lipinski definition) is 1. The zero-order chi connectivity index (χ0) is 13.5. The van der Waals surface area contributed by atoms with Gasteiger partial charge in [0, 0.05) is 11.9 Å². The van der Waals surface area contributed by atoms with Gasteiger partial charge in [0.2, 0.25) is 0 Å². The van der Waals surface area contributed by atoms with Gasteiger partial charge in [-0.25, -0.2) is 4.79 Å². The standard InChI is InChI=1S/C13H11N3O2/c1-9-5-11(13(17)18-2)3-4-12(9)16-8-10(6-14)7-15/h3-5,8,16H,1-2H3. The number of benzene rings is 1. The number of allylic oxidation sites excluding steroid dienone is 1. The minimum Gasteiger partial charge on any atom is -0.465 e. The van der Waals surface area contributed by atoms with Crippen molar-refractivity contribution >= 4 is 11.7 Å². The molecule has 0 unspecified atom stereocenters. The Morgan fingerprint density at radius 3 is 2.56 bits per heavy atom. The van der Waals surface area contributed by atoms with E-state index in [9.17, 15) is 4.79 Å². The number of methoxy groups -OCH3 is 1. The minimum absolute atomic E-state index is 0.0218. The van der Waals surface area contributed by atoms with E-state index in [4.69, 9.17) is 10.5 Å². The highest BCUT2D eigenvalue weighted by Crippen LogP contribution is 2.17. The number of hydrogen-bond acceptors (Lipinski definition) is 5. The average molecular weight is 241 g/mol. The van der Waals surface area contributed by atoms with Gasteiger partial charge in [-0.05, 0) is 30.7 Å². The van der Waals surface area contributed by atoms with Crippen molar-refractivity contribution in [1.82, 2.24) is 0 Å². The molecule has 0 radical (unpaired) electrons. The summed E-state index contributed by atoms with van der Waals surface area (Å²) in [5.74, 6) is -0.407. The number of carbonyl (C=O) groups excluding carboxylic acids is 1. The van der Waals surface area contributed by atoms with Crippen molar-refractivity contribution in [2.45, 2.75) is 6.92 Å². The molecule has 0 aromatic heterocycles. The number of carbonyl (C=O) groups is 1. The molecule has 18 heavy (non-hydrogen) atoms. The summed E-state index contributed by atoms with van der Waals surface area (Å²) < 4.78 is 4.61. The normalized spacial score (nSPS) is 8.67. The number of rotatable bonds is 3. The highest BCUT2D eigenvalue weighted by atomic mass is 16.5. The zero-order valence-electron chi connectivity index (χ0n) is 10.0. The van der Waals surface area contributed by atoms with Crippen LogP contribution in [0.3, 0.4) is 0 Å². The predicted octanol–water partition coefficient (Wildman–Crippen LogP) is 2.12. The Bertz CT molecular complexity index is 561.